The predicted octanol–water partition coefficient (Wildman–Crippen LogP) is 2.97. The number of nitrogens with one attached hydrogen (secondary N) is 1. The van der Waals surface area contributed by atoms with Crippen LogP contribution in [-0.2, 0) is 10.3 Å². The van der Waals surface area contributed by atoms with Gasteiger partial charge in [0.05, 0.1) is 33.6 Å². The van der Waals surface area contributed by atoms with E-state index in [9.17, 15) is 4.79 Å². The fourth-order valence-electron chi connectivity index (χ4n) is 5.23. The highest BCUT2D eigenvalue weighted by atomic mass is 32.1. The van der Waals surface area contributed by atoms with E-state index < -0.39 is 5.54 Å². The number of imidazole rings is 1. The SMILES string of the molecule is C[C@H]1CNCCN1c1nc(N2CC(C(=O)N(C)C(C)(C)c3cnc4ccccn34)C2)c2sccc2n1. The molecule has 1 atom stereocenters. The summed E-state index contributed by atoms with van der Waals surface area (Å²) < 4.78 is 3.15. The fraction of sp³-hybridized carbons (Fsp3) is 0.462. The van der Waals surface area contributed by atoms with Gasteiger partial charge in [-0.3, -0.25) is 4.79 Å². The van der Waals surface area contributed by atoms with E-state index in [2.05, 4.69) is 56.7 Å². The van der Waals surface area contributed by atoms with E-state index in [0.717, 1.165) is 53.0 Å². The van der Waals surface area contributed by atoms with Crippen molar-refractivity contribution in [2.45, 2.75) is 32.4 Å². The van der Waals surface area contributed by atoms with Crippen molar-refractivity contribution in [3.63, 3.8) is 0 Å². The van der Waals surface area contributed by atoms with Gasteiger partial charge < -0.3 is 24.4 Å². The van der Waals surface area contributed by atoms with Crippen LogP contribution in [0.25, 0.3) is 15.9 Å². The lowest BCUT2D eigenvalue weighted by molar-refractivity contribution is -0.140. The minimum atomic E-state index is -0.500. The van der Waals surface area contributed by atoms with Gasteiger partial charge in [0.2, 0.25) is 11.9 Å². The Bertz CT molecular complexity index is 1420. The molecule has 188 valence electrons. The van der Waals surface area contributed by atoms with Gasteiger partial charge in [0.1, 0.15) is 5.65 Å². The lowest BCUT2D eigenvalue weighted by Crippen LogP contribution is -2.57. The van der Waals surface area contributed by atoms with Crippen LogP contribution in [0.3, 0.4) is 0 Å². The van der Waals surface area contributed by atoms with Gasteiger partial charge >= 0.3 is 0 Å². The topological polar surface area (TPSA) is 81.9 Å². The number of piperazine rings is 1. The van der Waals surface area contributed by atoms with Crippen LogP contribution in [0.5, 0.6) is 0 Å². The molecule has 2 saturated heterocycles. The number of carbonyl (C=O) groups excluding carboxylic acids is 1. The van der Waals surface area contributed by atoms with Crippen molar-refractivity contribution in [3.8, 4) is 0 Å². The molecular weight excluding hydrogens is 472 g/mol. The van der Waals surface area contributed by atoms with Gasteiger partial charge in [-0.15, -0.1) is 11.3 Å². The molecule has 2 fully saturated rings. The molecule has 4 aromatic heterocycles. The van der Waals surface area contributed by atoms with Gasteiger partial charge in [-0.2, -0.15) is 4.98 Å². The van der Waals surface area contributed by atoms with Crippen LogP contribution in [0.15, 0.2) is 42.0 Å². The van der Waals surface area contributed by atoms with Crippen molar-refractivity contribution in [2.75, 3.05) is 49.6 Å². The molecule has 6 rings (SSSR count). The summed E-state index contributed by atoms with van der Waals surface area (Å²) >= 11 is 1.66. The van der Waals surface area contributed by atoms with Gasteiger partial charge in [0, 0.05) is 52.0 Å². The first-order valence-electron chi connectivity index (χ1n) is 12.5. The van der Waals surface area contributed by atoms with Crippen molar-refractivity contribution in [1.82, 2.24) is 29.6 Å². The molecule has 0 spiro atoms. The summed E-state index contributed by atoms with van der Waals surface area (Å²) in [6.45, 7) is 10.4. The quantitative estimate of drug-likeness (QED) is 0.448. The third kappa shape index (κ3) is 3.70. The molecule has 10 heteroatoms. The van der Waals surface area contributed by atoms with E-state index >= 15 is 0 Å². The molecule has 2 aliphatic heterocycles. The van der Waals surface area contributed by atoms with Gasteiger partial charge in [-0.25, -0.2) is 9.97 Å². The number of thiophene rings is 1. The van der Waals surface area contributed by atoms with E-state index in [1.807, 2.05) is 42.5 Å². The second-order valence-electron chi connectivity index (χ2n) is 10.4. The van der Waals surface area contributed by atoms with E-state index in [1.54, 1.807) is 11.3 Å². The highest BCUT2D eigenvalue weighted by Crippen LogP contribution is 2.36. The molecule has 1 amide bonds. The normalized spacial score (nSPS) is 19.2. The number of carbonyl (C=O) groups is 1. The molecule has 0 aromatic carbocycles. The molecule has 0 aliphatic carbocycles. The first kappa shape index (κ1) is 23.2. The number of fused-ring (bicyclic) bond motifs is 2. The van der Waals surface area contributed by atoms with Crippen LogP contribution >= 0.6 is 11.3 Å². The molecule has 6 heterocycles. The lowest BCUT2D eigenvalue weighted by atomic mass is 9.93. The van der Waals surface area contributed by atoms with Gasteiger partial charge in [0.15, 0.2) is 5.82 Å². The maximum atomic E-state index is 13.6. The summed E-state index contributed by atoms with van der Waals surface area (Å²) in [7, 11) is 1.90. The Labute approximate surface area is 214 Å². The van der Waals surface area contributed by atoms with Crippen molar-refractivity contribution < 1.29 is 4.79 Å². The van der Waals surface area contributed by atoms with E-state index in [4.69, 9.17) is 9.97 Å². The molecular formula is C26H32N8OS. The van der Waals surface area contributed by atoms with Gasteiger partial charge in [0.25, 0.3) is 0 Å². The molecule has 0 saturated carbocycles. The van der Waals surface area contributed by atoms with Crippen molar-refractivity contribution >= 4 is 44.9 Å². The van der Waals surface area contributed by atoms with Crippen molar-refractivity contribution in [3.05, 3.63) is 47.7 Å². The first-order chi connectivity index (χ1) is 17.3. The fourth-order valence-corrected chi connectivity index (χ4v) is 6.08. The Kier molecular flexibility index (Phi) is 5.60. The predicted molar refractivity (Wildman–Crippen MR) is 144 cm³/mol. The number of anilines is 2. The van der Waals surface area contributed by atoms with Crippen LogP contribution in [0.4, 0.5) is 11.8 Å². The number of aromatic nitrogens is 4. The average Bonchev–Trinajstić information content (AvgIpc) is 3.50. The lowest BCUT2D eigenvalue weighted by Gasteiger charge is -2.44. The van der Waals surface area contributed by atoms with E-state index in [0.29, 0.717) is 19.1 Å². The maximum Gasteiger partial charge on any atom is 0.229 e. The number of hydrogen-bond acceptors (Lipinski definition) is 8. The Hall–Kier alpha value is -3.24. The minimum absolute atomic E-state index is 0.0694. The van der Waals surface area contributed by atoms with Crippen LogP contribution in [0.2, 0.25) is 0 Å². The second-order valence-corrected chi connectivity index (χ2v) is 11.3. The summed E-state index contributed by atoms with van der Waals surface area (Å²) in [4.78, 5) is 34.4. The highest BCUT2D eigenvalue weighted by molar-refractivity contribution is 7.17. The third-order valence-electron chi connectivity index (χ3n) is 7.78. The van der Waals surface area contributed by atoms with E-state index in [-0.39, 0.29) is 11.8 Å². The Morgan fingerprint density at radius 1 is 1.22 bits per heavy atom. The summed E-state index contributed by atoms with van der Waals surface area (Å²) in [5.74, 6) is 1.81. The maximum absolute atomic E-state index is 13.6. The molecule has 9 nitrogen and oxygen atoms in total. The number of amides is 1. The largest absolute Gasteiger partial charge is 0.354 e. The van der Waals surface area contributed by atoms with Gasteiger partial charge in [-0.05, 0) is 44.4 Å². The Balaban J connectivity index is 1.21. The molecule has 1 N–H and O–H groups in total. The summed E-state index contributed by atoms with van der Waals surface area (Å²) in [6.07, 6.45) is 3.88. The summed E-state index contributed by atoms with van der Waals surface area (Å²) in [5.41, 5.74) is 2.36. The van der Waals surface area contributed by atoms with Crippen LogP contribution < -0.4 is 15.1 Å². The zero-order valence-electron chi connectivity index (χ0n) is 21.2. The van der Waals surface area contributed by atoms with Gasteiger partial charge in [-0.1, -0.05) is 6.07 Å². The minimum Gasteiger partial charge on any atom is -0.354 e. The molecule has 2 aliphatic rings. The van der Waals surface area contributed by atoms with E-state index in [1.165, 1.54) is 0 Å². The number of nitrogens with zero attached hydrogens (tertiary/aromatic N) is 7. The van der Waals surface area contributed by atoms with Crippen molar-refractivity contribution in [1.29, 1.82) is 0 Å². The summed E-state index contributed by atoms with van der Waals surface area (Å²) in [5, 5.41) is 5.51. The Morgan fingerprint density at radius 2 is 2.06 bits per heavy atom. The molecule has 0 bridgehead atoms. The monoisotopic (exact) mass is 504 g/mol. The summed E-state index contributed by atoms with van der Waals surface area (Å²) in [6, 6.07) is 8.35. The Morgan fingerprint density at radius 3 is 2.86 bits per heavy atom. The zero-order chi connectivity index (χ0) is 25.0. The molecule has 0 unspecified atom stereocenters. The third-order valence-corrected chi connectivity index (χ3v) is 8.67. The van der Waals surface area contributed by atoms with Crippen LogP contribution in [0.1, 0.15) is 26.5 Å². The average molecular weight is 505 g/mol. The highest BCUT2D eigenvalue weighted by Gasteiger charge is 2.41. The van der Waals surface area contributed by atoms with Crippen LogP contribution in [0, 0.1) is 5.92 Å². The zero-order valence-corrected chi connectivity index (χ0v) is 22.0. The molecule has 36 heavy (non-hydrogen) atoms. The number of rotatable bonds is 5. The molecule has 4 aromatic rings. The number of pyridine rings is 1. The molecule has 0 radical (unpaired) electrons. The standard InChI is InChI=1S/C26H32N8OS/c1-17-13-27-9-11-33(17)25-29-19-8-12-36-22(19)23(30-25)32-15-18(16-32)24(35)31(4)26(2,3)20-14-28-21-7-5-6-10-34(20)21/h5-8,10,12,14,17-18,27H,9,11,13,15-16H2,1-4H3/t17-/m0/s1. The number of hydrogen-bond donors (Lipinski definition) is 1. The smallest absolute Gasteiger partial charge is 0.229 e. The van der Waals surface area contributed by atoms with Crippen molar-refractivity contribution in [2.24, 2.45) is 5.92 Å². The second kappa shape index (κ2) is 8.70. The van der Waals surface area contributed by atoms with Crippen LogP contribution in [-0.4, -0.2) is 76.0 Å². The first-order valence-corrected chi connectivity index (χ1v) is 13.4.